The fourth-order valence-electron chi connectivity index (χ4n) is 2.33. The summed E-state index contributed by atoms with van der Waals surface area (Å²) < 4.78 is 26.5. The Hall–Kier alpha value is -1.20. The molecule has 1 aromatic rings. The number of halogens is 3. The summed E-state index contributed by atoms with van der Waals surface area (Å²) >= 11 is 0. The molecule has 0 aliphatic carbocycles. The van der Waals surface area contributed by atoms with E-state index in [1.165, 1.54) is 12.1 Å². The van der Waals surface area contributed by atoms with Crippen molar-refractivity contribution in [2.24, 2.45) is 0 Å². The Balaban J connectivity index is 0.00000200. The Morgan fingerprint density at radius 2 is 2.20 bits per heavy atom. The van der Waals surface area contributed by atoms with Gasteiger partial charge in [-0.25, -0.2) is 8.78 Å². The smallest absolute Gasteiger partial charge is 0.222 e. The standard InChI is InChI=1S/C14H18F2N2O.ClH/c1-18(11-7-8-17-9-11)13(19)6-5-10-3-2-4-12(15)14(10)16;/h2-4,11,17H,5-9H2,1H3;1H. The van der Waals surface area contributed by atoms with Crippen LogP contribution in [0.25, 0.3) is 0 Å². The number of likely N-dealkylation sites (N-methyl/N-ethyl adjacent to an activating group) is 1. The van der Waals surface area contributed by atoms with Crippen LogP contribution in [0.4, 0.5) is 8.78 Å². The van der Waals surface area contributed by atoms with Crippen LogP contribution in [0, 0.1) is 11.6 Å². The minimum Gasteiger partial charge on any atom is -0.341 e. The van der Waals surface area contributed by atoms with Crippen molar-refractivity contribution in [2.45, 2.75) is 25.3 Å². The number of amides is 1. The Morgan fingerprint density at radius 3 is 2.85 bits per heavy atom. The molecule has 0 bridgehead atoms. The number of carbonyl (C=O) groups is 1. The summed E-state index contributed by atoms with van der Waals surface area (Å²) in [6.45, 7) is 1.72. The second-order valence-electron chi connectivity index (χ2n) is 4.86. The van der Waals surface area contributed by atoms with E-state index in [2.05, 4.69) is 5.32 Å². The largest absolute Gasteiger partial charge is 0.341 e. The third-order valence-electron chi connectivity index (χ3n) is 3.62. The summed E-state index contributed by atoms with van der Waals surface area (Å²) in [5, 5.41) is 3.20. The van der Waals surface area contributed by atoms with Crippen molar-refractivity contribution in [2.75, 3.05) is 20.1 Å². The molecule has 1 atom stereocenters. The van der Waals surface area contributed by atoms with Gasteiger partial charge in [0.2, 0.25) is 5.91 Å². The molecule has 1 N–H and O–H groups in total. The summed E-state index contributed by atoms with van der Waals surface area (Å²) in [5.74, 6) is -1.74. The highest BCUT2D eigenvalue weighted by atomic mass is 35.5. The monoisotopic (exact) mass is 304 g/mol. The fraction of sp³-hybridized carbons (Fsp3) is 0.500. The molecule has 0 aromatic heterocycles. The second kappa shape index (κ2) is 7.55. The van der Waals surface area contributed by atoms with Gasteiger partial charge < -0.3 is 10.2 Å². The van der Waals surface area contributed by atoms with Gasteiger partial charge in [0.25, 0.3) is 0 Å². The van der Waals surface area contributed by atoms with Crippen LogP contribution < -0.4 is 5.32 Å². The van der Waals surface area contributed by atoms with E-state index in [0.717, 1.165) is 25.6 Å². The zero-order valence-electron chi connectivity index (χ0n) is 11.4. The van der Waals surface area contributed by atoms with Crippen LogP contribution in [0.3, 0.4) is 0 Å². The molecule has 1 unspecified atom stereocenters. The van der Waals surface area contributed by atoms with Gasteiger partial charge in [-0.2, -0.15) is 0 Å². The number of nitrogens with zero attached hydrogens (tertiary/aromatic N) is 1. The van der Waals surface area contributed by atoms with E-state index in [4.69, 9.17) is 0 Å². The van der Waals surface area contributed by atoms with Crippen LogP contribution in [0.5, 0.6) is 0 Å². The normalized spacial score (nSPS) is 17.6. The van der Waals surface area contributed by atoms with Crippen LogP contribution in [-0.4, -0.2) is 37.0 Å². The average molecular weight is 305 g/mol. The van der Waals surface area contributed by atoms with Gasteiger partial charge >= 0.3 is 0 Å². The Labute approximate surface area is 123 Å². The van der Waals surface area contributed by atoms with Crippen molar-refractivity contribution >= 4 is 18.3 Å². The molecule has 0 spiro atoms. The van der Waals surface area contributed by atoms with Crippen molar-refractivity contribution in [1.82, 2.24) is 10.2 Å². The second-order valence-corrected chi connectivity index (χ2v) is 4.86. The van der Waals surface area contributed by atoms with Gasteiger partial charge in [-0.05, 0) is 31.0 Å². The SMILES string of the molecule is CN(C(=O)CCc1cccc(F)c1F)C1CCNC1.Cl. The topological polar surface area (TPSA) is 32.3 Å². The van der Waals surface area contributed by atoms with Gasteiger partial charge in [-0.1, -0.05) is 12.1 Å². The number of hydrogen-bond donors (Lipinski definition) is 1. The van der Waals surface area contributed by atoms with Crippen LogP contribution in [0.2, 0.25) is 0 Å². The Morgan fingerprint density at radius 1 is 1.45 bits per heavy atom. The zero-order valence-corrected chi connectivity index (χ0v) is 12.2. The van der Waals surface area contributed by atoms with Crippen LogP contribution in [-0.2, 0) is 11.2 Å². The van der Waals surface area contributed by atoms with Crippen molar-refractivity contribution in [3.05, 3.63) is 35.4 Å². The lowest BCUT2D eigenvalue weighted by molar-refractivity contribution is -0.131. The van der Waals surface area contributed by atoms with Gasteiger partial charge in [-0.3, -0.25) is 4.79 Å². The lowest BCUT2D eigenvalue weighted by Crippen LogP contribution is -2.38. The summed E-state index contributed by atoms with van der Waals surface area (Å²) in [4.78, 5) is 13.7. The summed E-state index contributed by atoms with van der Waals surface area (Å²) in [6.07, 6.45) is 1.37. The van der Waals surface area contributed by atoms with E-state index in [1.54, 1.807) is 11.9 Å². The maximum Gasteiger partial charge on any atom is 0.222 e. The highest BCUT2D eigenvalue weighted by molar-refractivity contribution is 5.85. The Kier molecular flexibility index (Phi) is 6.36. The lowest BCUT2D eigenvalue weighted by atomic mass is 10.1. The first-order valence-electron chi connectivity index (χ1n) is 6.49. The average Bonchev–Trinajstić information content (AvgIpc) is 2.93. The molecule has 0 radical (unpaired) electrons. The Bertz CT molecular complexity index is 464. The van der Waals surface area contributed by atoms with Crippen molar-refractivity contribution in [3.63, 3.8) is 0 Å². The van der Waals surface area contributed by atoms with Crippen LogP contribution in [0.1, 0.15) is 18.4 Å². The quantitative estimate of drug-likeness (QED) is 0.924. The lowest BCUT2D eigenvalue weighted by Gasteiger charge is -2.23. The van der Waals surface area contributed by atoms with E-state index in [-0.39, 0.29) is 42.8 Å². The summed E-state index contributed by atoms with van der Waals surface area (Å²) in [5.41, 5.74) is 0.256. The van der Waals surface area contributed by atoms with Gasteiger partial charge in [-0.15, -0.1) is 12.4 Å². The molecule has 112 valence electrons. The number of benzene rings is 1. The highest BCUT2D eigenvalue weighted by Crippen LogP contribution is 2.15. The van der Waals surface area contributed by atoms with E-state index in [9.17, 15) is 13.6 Å². The predicted octanol–water partition coefficient (Wildman–Crippen LogP) is 2.14. The van der Waals surface area contributed by atoms with Crippen LogP contribution in [0.15, 0.2) is 18.2 Å². The highest BCUT2D eigenvalue weighted by Gasteiger charge is 2.23. The molecular formula is C14H19ClF2N2O. The molecule has 3 nitrogen and oxygen atoms in total. The van der Waals surface area contributed by atoms with Crippen molar-refractivity contribution in [1.29, 1.82) is 0 Å². The summed E-state index contributed by atoms with van der Waals surface area (Å²) in [6, 6.07) is 4.27. The summed E-state index contributed by atoms with van der Waals surface area (Å²) in [7, 11) is 1.77. The third-order valence-corrected chi connectivity index (χ3v) is 3.62. The van der Waals surface area contributed by atoms with Crippen molar-refractivity contribution < 1.29 is 13.6 Å². The molecule has 1 aromatic carbocycles. The number of aryl methyl sites for hydroxylation is 1. The first kappa shape index (κ1) is 16.9. The van der Waals surface area contributed by atoms with E-state index >= 15 is 0 Å². The predicted molar refractivity (Wildman–Crippen MR) is 76.0 cm³/mol. The van der Waals surface area contributed by atoms with E-state index in [1.807, 2.05) is 0 Å². The molecule has 0 saturated carbocycles. The number of rotatable bonds is 4. The third kappa shape index (κ3) is 3.90. The molecule has 2 rings (SSSR count). The molecule has 1 saturated heterocycles. The molecule has 1 aliphatic heterocycles. The molecule has 1 heterocycles. The van der Waals surface area contributed by atoms with Gasteiger partial charge in [0, 0.05) is 26.1 Å². The first-order valence-corrected chi connectivity index (χ1v) is 6.49. The number of nitrogens with one attached hydrogen (secondary N) is 1. The fourth-order valence-corrected chi connectivity index (χ4v) is 2.33. The maximum absolute atomic E-state index is 13.4. The molecule has 6 heteroatoms. The molecule has 1 amide bonds. The zero-order chi connectivity index (χ0) is 13.8. The minimum absolute atomic E-state index is 0. The number of hydrogen-bond acceptors (Lipinski definition) is 2. The van der Waals surface area contributed by atoms with Gasteiger partial charge in [0.15, 0.2) is 11.6 Å². The van der Waals surface area contributed by atoms with E-state index in [0.29, 0.717) is 0 Å². The minimum atomic E-state index is -0.863. The van der Waals surface area contributed by atoms with Crippen molar-refractivity contribution in [3.8, 4) is 0 Å². The van der Waals surface area contributed by atoms with Gasteiger partial charge in [0.05, 0.1) is 0 Å². The molecule has 1 fully saturated rings. The van der Waals surface area contributed by atoms with Crippen LogP contribution >= 0.6 is 12.4 Å². The molecular weight excluding hydrogens is 286 g/mol. The number of carbonyl (C=O) groups excluding carboxylic acids is 1. The molecule has 1 aliphatic rings. The maximum atomic E-state index is 13.4. The molecule has 20 heavy (non-hydrogen) atoms. The first-order chi connectivity index (χ1) is 9.09. The van der Waals surface area contributed by atoms with E-state index < -0.39 is 11.6 Å². The van der Waals surface area contributed by atoms with Gasteiger partial charge in [0.1, 0.15) is 0 Å².